The molecular formula is C33H35FN2O7. The molecule has 226 valence electrons. The topological polar surface area (TPSA) is 129 Å². The maximum atomic E-state index is 14.0. The molecule has 2 amide bonds. The van der Waals surface area contributed by atoms with Crippen molar-refractivity contribution in [3.8, 4) is 11.5 Å². The number of halogens is 1. The van der Waals surface area contributed by atoms with Crippen LogP contribution in [-0.2, 0) is 29.0 Å². The quantitative estimate of drug-likeness (QED) is 0.270. The SMILES string of the molecule is COc1cc(CO)cc2c1O[C@@H]1[C@@H](O)[C@H](N(CCc3cccc(F)c3)C(=O)Cc3ccccc3)C=C(C(=O)NCCO)[C@H]21. The van der Waals surface area contributed by atoms with Crippen molar-refractivity contribution in [3.63, 3.8) is 0 Å². The largest absolute Gasteiger partial charge is 0.493 e. The van der Waals surface area contributed by atoms with Crippen molar-refractivity contribution in [2.45, 2.75) is 43.6 Å². The van der Waals surface area contributed by atoms with Crippen molar-refractivity contribution in [2.24, 2.45) is 0 Å². The first-order valence-corrected chi connectivity index (χ1v) is 14.2. The van der Waals surface area contributed by atoms with Gasteiger partial charge in [-0.25, -0.2) is 4.39 Å². The summed E-state index contributed by atoms with van der Waals surface area (Å²) in [5.74, 6) is -1.19. The number of rotatable bonds is 11. The van der Waals surface area contributed by atoms with Crippen LogP contribution in [0.1, 0.15) is 28.2 Å². The summed E-state index contributed by atoms with van der Waals surface area (Å²) in [6, 6.07) is 17.7. The predicted octanol–water partition coefficient (Wildman–Crippen LogP) is 2.26. The first-order valence-electron chi connectivity index (χ1n) is 14.2. The molecular weight excluding hydrogens is 555 g/mol. The van der Waals surface area contributed by atoms with Gasteiger partial charge in [0.05, 0.1) is 38.7 Å². The molecule has 3 aromatic carbocycles. The number of hydrogen-bond acceptors (Lipinski definition) is 7. The number of aliphatic hydroxyl groups excluding tert-OH is 3. The summed E-state index contributed by atoms with van der Waals surface area (Å²) in [4.78, 5) is 28.9. The minimum absolute atomic E-state index is 0.00468. The highest BCUT2D eigenvalue weighted by Gasteiger charge is 2.51. The third-order valence-corrected chi connectivity index (χ3v) is 7.90. The molecule has 0 saturated heterocycles. The normalized spacial score (nSPS) is 20.3. The number of aliphatic hydroxyl groups is 3. The minimum Gasteiger partial charge on any atom is -0.493 e. The smallest absolute Gasteiger partial charge is 0.247 e. The Morgan fingerprint density at radius 3 is 2.49 bits per heavy atom. The van der Waals surface area contributed by atoms with Crippen molar-refractivity contribution in [3.05, 3.63) is 106 Å². The number of amides is 2. The number of benzene rings is 3. The van der Waals surface area contributed by atoms with E-state index in [-0.39, 0.29) is 44.2 Å². The van der Waals surface area contributed by atoms with Crippen molar-refractivity contribution < 1.29 is 38.8 Å². The maximum Gasteiger partial charge on any atom is 0.247 e. The van der Waals surface area contributed by atoms with Gasteiger partial charge in [0, 0.05) is 24.2 Å². The Labute approximate surface area is 249 Å². The van der Waals surface area contributed by atoms with Crippen LogP contribution in [0.3, 0.4) is 0 Å². The lowest BCUT2D eigenvalue weighted by molar-refractivity contribution is -0.136. The monoisotopic (exact) mass is 590 g/mol. The van der Waals surface area contributed by atoms with Crippen LogP contribution in [0, 0.1) is 5.82 Å². The molecule has 3 aromatic rings. The first kappa shape index (κ1) is 30.2. The Balaban J connectivity index is 1.56. The second-order valence-corrected chi connectivity index (χ2v) is 10.6. The fourth-order valence-corrected chi connectivity index (χ4v) is 5.87. The Kier molecular flexibility index (Phi) is 9.40. The molecule has 43 heavy (non-hydrogen) atoms. The molecule has 5 rings (SSSR count). The van der Waals surface area contributed by atoms with Crippen LogP contribution >= 0.6 is 0 Å². The molecule has 9 nitrogen and oxygen atoms in total. The lowest BCUT2D eigenvalue weighted by Gasteiger charge is -2.41. The van der Waals surface area contributed by atoms with Gasteiger partial charge in [0.25, 0.3) is 0 Å². The number of carbonyl (C=O) groups excluding carboxylic acids is 2. The lowest BCUT2D eigenvalue weighted by atomic mass is 9.77. The van der Waals surface area contributed by atoms with Gasteiger partial charge >= 0.3 is 0 Å². The fourth-order valence-electron chi connectivity index (χ4n) is 5.87. The summed E-state index contributed by atoms with van der Waals surface area (Å²) >= 11 is 0. The van der Waals surface area contributed by atoms with E-state index in [0.29, 0.717) is 34.6 Å². The Bertz CT molecular complexity index is 1500. The Morgan fingerprint density at radius 2 is 1.79 bits per heavy atom. The number of nitrogens with zero attached hydrogens (tertiary/aromatic N) is 1. The van der Waals surface area contributed by atoms with Gasteiger partial charge in [0.1, 0.15) is 18.0 Å². The van der Waals surface area contributed by atoms with Crippen LogP contribution in [0.15, 0.2) is 78.4 Å². The van der Waals surface area contributed by atoms with E-state index in [1.807, 2.05) is 30.3 Å². The summed E-state index contributed by atoms with van der Waals surface area (Å²) in [7, 11) is 1.46. The van der Waals surface area contributed by atoms with Crippen LogP contribution in [0.2, 0.25) is 0 Å². The molecule has 0 saturated carbocycles. The summed E-state index contributed by atoms with van der Waals surface area (Å²) in [6.07, 6.45) is -0.255. The molecule has 10 heteroatoms. The van der Waals surface area contributed by atoms with Crippen LogP contribution in [0.25, 0.3) is 0 Å². The third-order valence-electron chi connectivity index (χ3n) is 7.90. The van der Waals surface area contributed by atoms with Gasteiger partial charge in [-0.2, -0.15) is 0 Å². The van der Waals surface area contributed by atoms with E-state index in [9.17, 15) is 29.3 Å². The summed E-state index contributed by atoms with van der Waals surface area (Å²) in [5, 5.41) is 33.7. The van der Waals surface area contributed by atoms with Crippen molar-refractivity contribution in [1.29, 1.82) is 0 Å². The maximum absolute atomic E-state index is 14.0. The zero-order valence-corrected chi connectivity index (χ0v) is 23.8. The van der Waals surface area contributed by atoms with Crippen molar-refractivity contribution in [1.82, 2.24) is 10.2 Å². The van der Waals surface area contributed by atoms with Gasteiger partial charge in [-0.15, -0.1) is 0 Å². The summed E-state index contributed by atoms with van der Waals surface area (Å²) in [5.41, 5.74) is 2.82. The minimum atomic E-state index is -1.25. The number of fused-ring (bicyclic) bond motifs is 3. The zero-order chi connectivity index (χ0) is 30.5. The molecule has 4 atom stereocenters. The van der Waals surface area contributed by atoms with Gasteiger partial charge in [-0.05, 0) is 53.5 Å². The number of methoxy groups -OCH3 is 1. The second-order valence-electron chi connectivity index (χ2n) is 10.6. The molecule has 2 aliphatic rings. The molecule has 0 aromatic heterocycles. The molecule has 0 spiro atoms. The van der Waals surface area contributed by atoms with Crippen LogP contribution in [0.5, 0.6) is 11.5 Å². The summed E-state index contributed by atoms with van der Waals surface area (Å²) < 4.78 is 25.7. The molecule has 0 radical (unpaired) electrons. The van der Waals surface area contributed by atoms with Gasteiger partial charge in [-0.1, -0.05) is 42.5 Å². The van der Waals surface area contributed by atoms with E-state index in [0.717, 1.165) is 5.56 Å². The second kappa shape index (κ2) is 13.4. The van der Waals surface area contributed by atoms with Crippen molar-refractivity contribution >= 4 is 11.8 Å². The number of nitrogens with one attached hydrogen (secondary N) is 1. The van der Waals surface area contributed by atoms with Crippen LogP contribution in [-0.4, -0.2) is 77.1 Å². The van der Waals surface area contributed by atoms with E-state index < -0.39 is 35.9 Å². The lowest BCUT2D eigenvalue weighted by Crippen LogP contribution is -2.56. The van der Waals surface area contributed by atoms with Crippen LogP contribution < -0.4 is 14.8 Å². The number of ether oxygens (including phenoxy) is 2. The van der Waals surface area contributed by atoms with Gasteiger partial charge in [-0.3, -0.25) is 9.59 Å². The Hall–Kier alpha value is -4.25. The molecule has 0 unspecified atom stereocenters. The number of carbonyl (C=O) groups is 2. The van der Waals surface area contributed by atoms with Crippen molar-refractivity contribution in [2.75, 3.05) is 26.8 Å². The highest BCUT2D eigenvalue weighted by atomic mass is 19.1. The van der Waals surface area contributed by atoms with Crippen LogP contribution in [0.4, 0.5) is 4.39 Å². The fraction of sp³-hybridized carbons (Fsp3) is 0.333. The van der Waals surface area contributed by atoms with Gasteiger partial charge < -0.3 is 35.0 Å². The molecule has 0 fully saturated rings. The van der Waals surface area contributed by atoms with Gasteiger partial charge in [0.15, 0.2) is 11.5 Å². The van der Waals surface area contributed by atoms with Gasteiger partial charge in [0.2, 0.25) is 11.8 Å². The molecule has 1 heterocycles. The summed E-state index contributed by atoms with van der Waals surface area (Å²) in [6.45, 7) is -0.403. The van der Waals surface area contributed by atoms with E-state index in [1.54, 1.807) is 30.3 Å². The molecule has 1 aliphatic carbocycles. The first-order chi connectivity index (χ1) is 20.8. The van der Waals surface area contributed by atoms with E-state index in [4.69, 9.17) is 9.47 Å². The van der Waals surface area contributed by atoms with E-state index >= 15 is 0 Å². The molecule has 1 aliphatic heterocycles. The average Bonchev–Trinajstić information content (AvgIpc) is 3.41. The highest BCUT2D eigenvalue weighted by Crippen LogP contribution is 2.51. The van der Waals surface area contributed by atoms with E-state index in [2.05, 4.69) is 5.32 Å². The zero-order valence-electron chi connectivity index (χ0n) is 23.8. The highest BCUT2D eigenvalue weighted by molar-refractivity contribution is 5.96. The molecule has 0 bridgehead atoms. The molecule has 4 N–H and O–H groups in total. The average molecular weight is 591 g/mol. The standard InChI is InChI=1S/C33H35FN2O7/c1-42-27-16-22(19-38)15-24-29-25(33(41)35-11-13-37)18-26(30(40)32(29)43-31(24)27)36(12-10-21-8-5-9-23(34)14-21)28(39)17-20-6-3-2-4-7-20/h2-9,14-16,18,26,29-30,32,37-38,40H,10-13,17,19H2,1H3,(H,35,41)/t26-,29+,30+,32+/m1/s1. The number of hydrogen-bond donors (Lipinski definition) is 4. The predicted molar refractivity (Wildman–Crippen MR) is 156 cm³/mol. The van der Waals surface area contributed by atoms with E-state index in [1.165, 1.54) is 24.1 Å². The Morgan fingerprint density at radius 1 is 1.02 bits per heavy atom. The third kappa shape index (κ3) is 6.41.